The van der Waals surface area contributed by atoms with Crippen molar-refractivity contribution in [3.05, 3.63) is 29.8 Å². The van der Waals surface area contributed by atoms with Gasteiger partial charge >= 0.3 is 11.9 Å². The van der Waals surface area contributed by atoms with E-state index in [2.05, 4.69) is 28.6 Å². The van der Waals surface area contributed by atoms with Crippen molar-refractivity contribution in [3.63, 3.8) is 0 Å². The Labute approximate surface area is 208 Å². The zero-order valence-corrected chi connectivity index (χ0v) is 20.3. The van der Waals surface area contributed by atoms with Gasteiger partial charge in [0.15, 0.2) is 0 Å². The fourth-order valence-electron chi connectivity index (χ4n) is 3.07. The Morgan fingerprint density at radius 3 is 1.89 bits per heavy atom. The fourth-order valence-corrected chi connectivity index (χ4v) is 3.32. The van der Waals surface area contributed by atoms with Crippen LogP contribution in [0.4, 0.5) is 0 Å². The molecular weight excluding hydrogens is 480 g/mol. The molecule has 0 bridgehead atoms. The summed E-state index contributed by atoms with van der Waals surface area (Å²) in [5, 5.41) is 34.8. The number of carbonyl (C=O) groups excluding carboxylic acids is 3. The van der Waals surface area contributed by atoms with Crippen molar-refractivity contribution in [1.82, 2.24) is 16.0 Å². The number of phenolic OH excluding ortho intramolecular Hbond substituents is 1. The maximum Gasteiger partial charge on any atom is 0.327 e. The summed E-state index contributed by atoms with van der Waals surface area (Å²) in [6.07, 6.45) is -0.533. The topological polar surface area (TPSA) is 208 Å². The molecule has 1 aromatic carbocycles. The molecule has 0 saturated carbocycles. The van der Waals surface area contributed by atoms with Crippen LogP contribution in [0.5, 0.6) is 5.75 Å². The van der Waals surface area contributed by atoms with Crippen molar-refractivity contribution < 1.29 is 39.3 Å². The van der Waals surface area contributed by atoms with E-state index in [0.29, 0.717) is 5.56 Å². The van der Waals surface area contributed by atoms with E-state index < -0.39 is 60.2 Å². The van der Waals surface area contributed by atoms with Crippen LogP contribution in [0, 0.1) is 5.92 Å². The predicted octanol–water partition coefficient (Wildman–Crippen LogP) is -0.748. The molecule has 4 unspecified atom stereocenters. The summed E-state index contributed by atoms with van der Waals surface area (Å²) >= 11 is 3.91. The highest BCUT2D eigenvalue weighted by Crippen LogP contribution is 2.13. The number of carbonyl (C=O) groups is 5. The molecule has 1 aromatic rings. The van der Waals surface area contributed by atoms with Gasteiger partial charge in [-0.1, -0.05) is 26.0 Å². The molecule has 0 radical (unpaired) electrons. The van der Waals surface area contributed by atoms with Gasteiger partial charge in [0.25, 0.3) is 0 Å². The summed E-state index contributed by atoms with van der Waals surface area (Å²) in [7, 11) is 0. The van der Waals surface area contributed by atoms with E-state index in [9.17, 15) is 34.2 Å². The van der Waals surface area contributed by atoms with E-state index in [0.717, 1.165) is 0 Å². The molecular formula is C22H32N4O8S. The number of hydrogen-bond acceptors (Lipinski definition) is 8. The minimum Gasteiger partial charge on any atom is -0.508 e. The standard InChI is InChI=1S/C22H32N4O8S/c1-11(2)7-15(20(31)26-17(10-35)22(33)34)25-21(32)16(8-12-3-5-13(27)6-4-12)24-19(30)14(23)9-18(28)29/h3-6,11,14-17,27,35H,7-10,23H2,1-2H3,(H,24,30)(H,25,32)(H,26,31)(H,28,29)(H,33,34). The second kappa shape index (κ2) is 14.2. The first-order valence-corrected chi connectivity index (χ1v) is 11.5. The lowest BCUT2D eigenvalue weighted by Gasteiger charge is -2.26. The van der Waals surface area contributed by atoms with Gasteiger partial charge in [-0.05, 0) is 30.0 Å². The largest absolute Gasteiger partial charge is 0.508 e. The molecule has 8 N–H and O–H groups in total. The zero-order chi connectivity index (χ0) is 26.7. The smallest absolute Gasteiger partial charge is 0.327 e. The van der Waals surface area contributed by atoms with E-state index in [1.165, 1.54) is 24.3 Å². The molecule has 0 fully saturated rings. The molecule has 0 heterocycles. The molecule has 3 amide bonds. The third-order valence-electron chi connectivity index (χ3n) is 4.88. The number of aromatic hydroxyl groups is 1. The van der Waals surface area contributed by atoms with Gasteiger partial charge < -0.3 is 37.0 Å². The molecule has 0 aliphatic carbocycles. The average molecular weight is 513 g/mol. The van der Waals surface area contributed by atoms with Gasteiger partial charge in [0.2, 0.25) is 17.7 Å². The quantitative estimate of drug-likeness (QED) is 0.147. The molecule has 0 aromatic heterocycles. The Morgan fingerprint density at radius 2 is 1.40 bits per heavy atom. The minimum atomic E-state index is -1.41. The highest BCUT2D eigenvalue weighted by atomic mass is 32.1. The van der Waals surface area contributed by atoms with Gasteiger partial charge in [0, 0.05) is 12.2 Å². The van der Waals surface area contributed by atoms with Crippen molar-refractivity contribution in [2.75, 3.05) is 5.75 Å². The number of nitrogens with one attached hydrogen (secondary N) is 3. The van der Waals surface area contributed by atoms with E-state index in [1.54, 1.807) is 13.8 Å². The molecule has 0 saturated heterocycles. The van der Waals surface area contributed by atoms with Crippen LogP contribution in [0.2, 0.25) is 0 Å². The second-order valence-electron chi connectivity index (χ2n) is 8.41. The van der Waals surface area contributed by atoms with Gasteiger partial charge in [-0.3, -0.25) is 19.2 Å². The van der Waals surface area contributed by atoms with E-state index in [-0.39, 0.29) is 30.3 Å². The van der Waals surface area contributed by atoms with E-state index in [1.807, 2.05) is 0 Å². The maximum atomic E-state index is 13.1. The Hall–Kier alpha value is -3.32. The van der Waals surface area contributed by atoms with Crippen LogP contribution in [0.3, 0.4) is 0 Å². The Morgan fingerprint density at radius 1 is 0.886 bits per heavy atom. The SMILES string of the molecule is CC(C)CC(NC(=O)C(Cc1ccc(O)cc1)NC(=O)C(N)CC(=O)O)C(=O)NC(CS)C(=O)O. The molecule has 0 spiro atoms. The molecule has 35 heavy (non-hydrogen) atoms. The number of carboxylic acid groups (broad SMARTS) is 2. The van der Waals surface area contributed by atoms with Crippen molar-refractivity contribution in [2.45, 2.75) is 57.3 Å². The third-order valence-corrected chi connectivity index (χ3v) is 5.24. The van der Waals surface area contributed by atoms with Crippen LogP contribution in [0.25, 0.3) is 0 Å². The highest BCUT2D eigenvalue weighted by molar-refractivity contribution is 7.80. The number of phenols is 1. The molecule has 0 aliphatic heterocycles. The average Bonchev–Trinajstić information content (AvgIpc) is 2.76. The molecule has 0 aliphatic rings. The van der Waals surface area contributed by atoms with E-state index >= 15 is 0 Å². The molecule has 1 rings (SSSR count). The number of carboxylic acids is 2. The first-order chi connectivity index (χ1) is 16.3. The minimum absolute atomic E-state index is 0.00638. The van der Waals surface area contributed by atoms with Gasteiger partial charge in [-0.2, -0.15) is 12.6 Å². The molecule has 4 atom stereocenters. The number of amides is 3. The van der Waals surface area contributed by atoms with Crippen LogP contribution in [-0.4, -0.2) is 74.9 Å². The van der Waals surface area contributed by atoms with Crippen molar-refractivity contribution in [1.29, 1.82) is 0 Å². The highest BCUT2D eigenvalue weighted by Gasteiger charge is 2.31. The van der Waals surface area contributed by atoms with Crippen LogP contribution in [0.15, 0.2) is 24.3 Å². The van der Waals surface area contributed by atoms with Crippen LogP contribution < -0.4 is 21.7 Å². The third kappa shape index (κ3) is 10.6. The summed E-state index contributed by atoms with van der Waals surface area (Å²) in [6, 6.07) is 0.804. The number of nitrogens with two attached hydrogens (primary N) is 1. The first kappa shape index (κ1) is 29.7. The molecule has 194 valence electrons. The number of benzene rings is 1. The summed E-state index contributed by atoms with van der Waals surface area (Å²) in [5.41, 5.74) is 6.17. The van der Waals surface area contributed by atoms with Crippen LogP contribution in [-0.2, 0) is 30.4 Å². The molecule has 12 nitrogen and oxygen atoms in total. The lowest BCUT2D eigenvalue weighted by molar-refractivity contribution is -0.141. The molecule has 13 heteroatoms. The van der Waals surface area contributed by atoms with Gasteiger partial charge in [0.05, 0.1) is 12.5 Å². The summed E-state index contributed by atoms with van der Waals surface area (Å²) in [4.78, 5) is 60.4. The van der Waals surface area contributed by atoms with Gasteiger partial charge in [-0.25, -0.2) is 4.79 Å². The number of aliphatic carboxylic acids is 2. The lowest BCUT2D eigenvalue weighted by Crippen LogP contribution is -2.58. The first-order valence-electron chi connectivity index (χ1n) is 10.8. The Balaban J connectivity index is 3.12. The van der Waals surface area contributed by atoms with Crippen LogP contribution in [0.1, 0.15) is 32.3 Å². The van der Waals surface area contributed by atoms with Gasteiger partial charge in [-0.15, -0.1) is 0 Å². The second-order valence-corrected chi connectivity index (χ2v) is 8.77. The summed E-state index contributed by atoms with van der Waals surface area (Å²) in [6.45, 7) is 3.61. The Kier molecular flexibility index (Phi) is 12.0. The normalized spacial score (nSPS) is 14.3. The number of rotatable bonds is 14. The van der Waals surface area contributed by atoms with Crippen LogP contribution >= 0.6 is 12.6 Å². The number of thiol groups is 1. The predicted molar refractivity (Wildman–Crippen MR) is 129 cm³/mol. The van der Waals surface area contributed by atoms with Crippen molar-refractivity contribution in [2.24, 2.45) is 11.7 Å². The number of hydrogen-bond donors (Lipinski definition) is 8. The fraction of sp³-hybridized carbons (Fsp3) is 0.500. The summed E-state index contributed by atoms with van der Waals surface area (Å²) in [5.74, 6) is -5.17. The Bertz CT molecular complexity index is 909. The van der Waals surface area contributed by atoms with Crippen molar-refractivity contribution >= 4 is 42.3 Å². The van der Waals surface area contributed by atoms with Gasteiger partial charge in [0.1, 0.15) is 23.9 Å². The zero-order valence-electron chi connectivity index (χ0n) is 19.4. The lowest BCUT2D eigenvalue weighted by atomic mass is 10.0. The maximum absolute atomic E-state index is 13.1. The monoisotopic (exact) mass is 512 g/mol. The van der Waals surface area contributed by atoms with Crippen molar-refractivity contribution in [3.8, 4) is 5.75 Å². The summed E-state index contributed by atoms with van der Waals surface area (Å²) < 4.78 is 0. The van der Waals surface area contributed by atoms with E-state index in [4.69, 9.17) is 10.8 Å².